The molecule has 0 unspecified atom stereocenters. The predicted molar refractivity (Wildman–Crippen MR) is 75.6 cm³/mol. The van der Waals surface area contributed by atoms with Crippen molar-refractivity contribution >= 4 is 23.6 Å². The lowest BCUT2D eigenvalue weighted by Gasteiger charge is -2.30. The van der Waals surface area contributed by atoms with E-state index < -0.39 is 11.9 Å². The summed E-state index contributed by atoms with van der Waals surface area (Å²) >= 11 is 5.87. The zero-order valence-corrected chi connectivity index (χ0v) is 11.8. The molecule has 0 bridgehead atoms. The van der Waals surface area contributed by atoms with Gasteiger partial charge < -0.3 is 15.3 Å². The first kappa shape index (κ1) is 14.7. The largest absolute Gasteiger partial charge is 0.481 e. The molecule has 6 heteroatoms. The van der Waals surface area contributed by atoms with Gasteiger partial charge in [-0.15, -0.1) is 0 Å². The van der Waals surface area contributed by atoms with E-state index in [1.807, 2.05) is 12.1 Å². The fraction of sp³-hybridized carbons (Fsp3) is 0.429. The number of carboxylic acids is 1. The number of hydrogen-bond acceptors (Lipinski definition) is 2. The Morgan fingerprint density at radius 3 is 2.95 bits per heavy atom. The SMILES string of the molecule is O=C(O)[C@@H]1CCCN(C(=O)NCc2cccc(Cl)c2)C1. The number of carbonyl (C=O) groups excluding carboxylic acids is 1. The van der Waals surface area contributed by atoms with Crippen molar-refractivity contribution in [3.63, 3.8) is 0 Å². The molecule has 2 rings (SSSR count). The molecule has 20 heavy (non-hydrogen) atoms. The molecule has 0 spiro atoms. The fourth-order valence-corrected chi connectivity index (χ4v) is 2.51. The maximum absolute atomic E-state index is 12.0. The molecule has 1 aromatic carbocycles. The number of piperidine rings is 1. The van der Waals surface area contributed by atoms with Crippen LogP contribution in [-0.2, 0) is 11.3 Å². The Hall–Kier alpha value is -1.75. The van der Waals surface area contributed by atoms with E-state index in [9.17, 15) is 9.59 Å². The minimum Gasteiger partial charge on any atom is -0.481 e. The number of hydrogen-bond donors (Lipinski definition) is 2. The van der Waals surface area contributed by atoms with Crippen LogP contribution in [0.25, 0.3) is 0 Å². The van der Waals surface area contributed by atoms with Gasteiger partial charge in [0.05, 0.1) is 5.92 Å². The second kappa shape index (κ2) is 6.61. The second-order valence-electron chi connectivity index (χ2n) is 4.91. The number of carboxylic acid groups (broad SMARTS) is 1. The highest BCUT2D eigenvalue weighted by Gasteiger charge is 2.27. The van der Waals surface area contributed by atoms with E-state index in [4.69, 9.17) is 16.7 Å². The van der Waals surface area contributed by atoms with Crippen LogP contribution in [0.1, 0.15) is 18.4 Å². The molecule has 1 aliphatic heterocycles. The second-order valence-corrected chi connectivity index (χ2v) is 5.35. The van der Waals surface area contributed by atoms with Crippen molar-refractivity contribution < 1.29 is 14.7 Å². The first-order valence-corrected chi connectivity index (χ1v) is 6.94. The lowest BCUT2D eigenvalue weighted by atomic mass is 9.99. The number of aliphatic carboxylic acids is 1. The first-order chi connectivity index (χ1) is 9.56. The van der Waals surface area contributed by atoms with Crippen LogP contribution in [0, 0.1) is 5.92 Å². The Bertz CT molecular complexity index is 507. The normalized spacial score (nSPS) is 18.6. The van der Waals surface area contributed by atoms with Crippen molar-refractivity contribution in [1.82, 2.24) is 10.2 Å². The zero-order valence-electron chi connectivity index (χ0n) is 11.0. The fourth-order valence-electron chi connectivity index (χ4n) is 2.30. The number of nitrogens with one attached hydrogen (secondary N) is 1. The van der Waals surface area contributed by atoms with E-state index in [0.29, 0.717) is 24.5 Å². The average molecular weight is 297 g/mol. The Kier molecular flexibility index (Phi) is 4.84. The van der Waals surface area contributed by atoms with Crippen LogP contribution < -0.4 is 5.32 Å². The van der Waals surface area contributed by atoms with Crippen molar-refractivity contribution in [3.8, 4) is 0 Å². The summed E-state index contributed by atoms with van der Waals surface area (Å²) in [5.74, 6) is -1.29. The Morgan fingerprint density at radius 1 is 1.45 bits per heavy atom. The van der Waals surface area contributed by atoms with Gasteiger partial charge in [0, 0.05) is 24.7 Å². The highest BCUT2D eigenvalue weighted by molar-refractivity contribution is 6.30. The molecular formula is C14H17ClN2O3. The average Bonchev–Trinajstić information content (AvgIpc) is 2.45. The standard InChI is InChI=1S/C14H17ClN2O3/c15-12-5-1-3-10(7-12)8-16-14(20)17-6-2-4-11(9-17)13(18)19/h1,3,5,7,11H,2,4,6,8-9H2,(H,16,20)(H,18,19)/t11-/m1/s1. The summed E-state index contributed by atoms with van der Waals surface area (Å²) in [6.45, 7) is 1.26. The van der Waals surface area contributed by atoms with Crippen molar-refractivity contribution in [2.45, 2.75) is 19.4 Å². The van der Waals surface area contributed by atoms with Crippen LogP contribution in [-0.4, -0.2) is 35.1 Å². The topological polar surface area (TPSA) is 69.6 Å². The zero-order chi connectivity index (χ0) is 14.5. The van der Waals surface area contributed by atoms with Crippen LogP contribution in [0.2, 0.25) is 5.02 Å². The van der Waals surface area contributed by atoms with E-state index in [-0.39, 0.29) is 12.6 Å². The lowest BCUT2D eigenvalue weighted by Crippen LogP contribution is -2.46. The van der Waals surface area contributed by atoms with Crippen LogP contribution in [0.4, 0.5) is 4.79 Å². The summed E-state index contributed by atoms with van der Waals surface area (Å²) in [7, 11) is 0. The molecule has 2 N–H and O–H groups in total. The number of likely N-dealkylation sites (tertiary alicyclic amines) is 1. The highest BCUT2D eigenvalue weighted by Crippen LogP contribution is 2.17. The molecule has 0 radical (unpaired) electrons. The summed E-state index contributed by atoms with van der Waals surface area (Å²) in [5, 5.41) is 12.4. The molecule has 1 heterocycles. The van der Waals surface area contributed by atoms with Gasteiger partial charge in [-0.2, -0.15) is 0 Å². The minimum atomic E-state index is -0.836. The first-order valence-electron chi connectivity index (χ1n) is 6.56. The molecule has 1 saturated heterocycles. The number of amides is 2. The minimum absolute atomic E-state index is 0.226. The summed E-state index contributed by atoms with van der Waals surface area (Å²) in [4.78, 5) is 24.5. The number of urea groups is 1. The third-order valence-corrected chi connectivity index (χ3v) is 3.63. The van der Waals surface area contributed by atoms with E-state index in [1.54, 1.807) is 17.0 Å². The predicted octanol–water partition coefficient (Wildman–Crippen LogP) is 2.35. The van der Waals surface area contributed by atoms with Gasteiger partial charge in [0.2, 0.25) is 0 Å². The molecule has 0 aliphatic carbocycles. The Morgan fingerprint density at radius 2 is 2.25 bits per heavy atom. The van der Waals surface area contributed by atoms with Crippen LogP contribution in [0.15, 0.2) is 24.3 Å². The molecule has 1 fully saturated rings. The van der Waals surface area contributed by atoms with E-state index in [0.717, 1.165) is 12.0 Å². The molecule has 5 nitrogen and oxygen atoms in total. The van der Waals surface area contributed by atoms with Crippen LogP contribution in [0.5, 0.6) is 0 Å². The van der Waals surface area contributed by atoms with Crippen LogP contribution in [0.3, 0.4) is 0 Å². The van der Waals surface area contributed by atoms with Gasteiger partial charge in [-0.05, 0) is 30.5 Å². The number of halogens is 1. The molecule has 1 aromatic rings. The van der Waals surface area contributed by atoms with Crippen molar-refractivity contribution in [2.75, 3.05) is 13.1 Å². The summed E-state index contributed by atoms with van der Waals surface area (Å²) in [6, 6.07) is 7.04. The lowest BCUT2D eigenvalue weighted by molar-refractivity contribution is -0.143. The van der Waals surface area contributed by atoms with E-state index in [2.05, 4.69) is 5.32 Å². The van der Waals surface area contributed by atoms with Crippen LogP contribution >= 0.6 is 11.6 Å². The van der Waals surface area contributed by atoms with Gasteiger partial charge in [-0.3, -0.25) is 4.79 Å². The van der Waals surface area contributed by atoms with Gasteiger partial charge in [0.25, 0.3) is 0 Å². The number of carbonyl (C=O) groups is 2. The highest BCUT2D eigenvalue weighted by atomic mass is 35.5. The number of rotatable bonds is 3. The Labute approximate surface area is 122 Å². The molecule has 0 aromatic heterocycles. The van der Waals surface area contributed by atoms with Crippen molar-refractivity contribution in [3.05, 3.63) is 34.9 Å². The summed E-state index contributed by atoms with van der Waals surface area (Å²) in [5.41, 5.74) is 0.914. The van der Waals surface area contributed by atoms with Gasteiger partial charge >= 0.3 is 12.0 Å². The smallest absolute Gasteiger partial charge is 0.317 e. The number of nitrogens with zero attached hydrogens (tertiary/aromatic N) is 1. The van der Waals surface area contributed by atoms with Gasteiger partial charge in [0.15, 0.2) is 0 Å². The third kappa shape index (κ3) is 3.87. The van der Waals surface area contributed by atoms with Gasteiger partial charge in [-0.1, -0.05) is 23.7 Å². The van der Waals surface area contributed by atoms with Gasteiger partial charge in [0.1, 0.15) is 0 Å². The van der Waals surface area contributed by atoms with E-state index in [1.165, 1.54) is 0 Å². The van der Waals surface area contributed by atoms with Crippen molar-refractivity contribution in [1.29, 1.82) is 0 Å². The molecule has 108 valence electrons. The quantitative estimate of drug-likeness (QED) is 0.899. The molecule has 1 atom stereocenters. The molecule has 2 amide bonds. The van der Waals surface area contributed by atoms with Crippen molar-refractivity contribution in [2.24, 2.45) is 5.92 Å². The number of benzene rings is 1. The molecule has 0 saturated carbocycles. The monoisotopic (exact) mass is 296 g/mol. The molecule has 1 aliphatic rings. The third-order valence-electron chi connectivity index (χ3n) is 3.39. The Balaban J connectivity index is 1.87. The summed E-state index contributed by atoms with van der Waals surface area (Å²) in [6.07, 6.45) is 1.36. The molecular weight excluding hydrogens is 280 g/mol. The maximum atomic E-state index is 12.0. The van der Waals surface area contributed by atoms with E-state index >= 15 is 0 Å². The summed E-state index contributed by atoms with van der Waals surface area (Å²) < 4.78 is 0. The van der Waals surface area contributed by atoms with Gasteiger partial charge in [-0.25, -0.2) is 4.79 Å². The maximum Gasteiger partial charge on any atom is 0.317 e.